The number of hydrogen-bond donors (Lipinski definition) is 2. The van der Waals surface area contributed by atoms with Crippen LogP contribution in [0.2, 0.25) is 0 Å². The van der Waals surface area contributed by atoms with Gasteiger partial charge in [0.1, 0.15) is 6.04 Å². The summed E-state index contributed by atoms with van der Waals surface area (Å²) >= 11 is 3.33. The maximum atomic E-state index is 11.0. The maximum absolute atomic E-state index is 11.0. The van der Waals surface area contributed by atoms with Crippen molar-refractivity contribution in [3.8, 4) is 0 Å². The van der Waals surface area contributed by atoms with Crippen molar-refractivity contribution in [3.05, 3.63) is 34.3 Å². The summed E-state index contributed by atoms with van der Waals surface area (Å²) in [6.07, 6.45) is 0. The van der Waals surface area contributed by atoms with Gasteiger partial charge < -0.3 is 11.1 Å². The second-order valence-corrected chi connectivity index (χ2v) is 3.59. The maximum Gasteiger partial charge on any atom is 0.239 e. The Labute approximate surface area is 85.4 Å². The highest BCUT2D eigenvalue weighted by Crippen LogP contribution is 2.17. The van der Waals surface area contributed by atoms with E-state index in [1.807, 2.05) is 24.3 Å². The highest BCUT2D eigenvalue weighted by atomic mass is 79.9. The van der Waals surface area contributed by atoms with Crippen molar-refractivity contribution in [2.24, 2.45) is 5.73 Å². The lowest BCUT2D eigenvalue weighted by molar-refractivity contribution is -0.120. The van der Waals surface area contributed by atoms with E-state index in [-0.39, 0.29) is 5.91 Å². The molecule has 0 aliphatic rings. The van der Waals surface area contributed by atoms with Crippen molar-refractivity contribution in [1.29, 1.82) is 0 Å². The number of rotatable bonds is 3. The normalized spacial score (nSPS) is 12.5. The number of halogens is 1. The molecule has 1 rings (SSSR count). The van der Waals surface area contributed by atoms with Gasteiger partial charge >= 0.3 is 0 Å². The first-order valence-electron chi connectivity index (χ1n) is 3.87. The number of likely N-dealkylation sites (N-methyl/N-ethyl adjacent to an activating group) is 1. The highest BCUT2D eigenvalue weighted by Gasteiger charge is 2.14. The van der Waals surface area contributed by atoms with E-state index in [1.54, 1.807) is 7.05 Å². The van der Waals surface area contributed by atoms with Crippen LogP contribution in [0.5, 0.6) is 0 Å². The standard InChI is InChI=1S/C9H11BrN2O/c1-12-8(9(11)13)6-3-2-4-7(10)5-6/h2-5,8,12H,1H3,(H2,11,13)/t8-/m0/s1. The second-order valence-electron chi connectivity index (χ2n) is 2.68. The van der Waals surface area contributed by atoms with Crippen molar-refractivity contribution >= 4 is 21.8 Å². The zero-order valence-electron chi connectivity index (χ0n) is 7.25. The lowest BCUT2D eigenvalue weighted by atomic mass is 10.1. The molecule has 13 heavy (non-hydrogen) atoms. The van der Waals surface area contributed by atoms with Crippen LogP contribution in [0, 0.1) is 0 Å². The Hall–Kier alpha value is -0.870. The summed E-state index contributed by atoms with van der Waals surface area (Å²) in [4.78, 5) is 11.0. The summed E-state index contributed by atoms with van der Waals surface area (Å²) in [6.45, 7) is 0. The lowest BCUT2D eigenvalue weighted by Crippen LogP contribution is -2.31. The molecule has 4 heteroatoms. The molecular formula is C9H11BrN2O. The predicted molar refractivity (Wildman–Crippen MR) is 55.1 cm³/mol. The van der Waals surface area contributed by atoms with Gasteiger partial charge in [0, 0.05) is 4.47 Å². The fourth-order valence-electron chi connectivity index (χ4n) is 1.16. The van der Waals surface area contributed by atoms with Gasteiger partial charge in [0.15, 0.2) is 0 Å². The molecule has 0 radical (unpaired) electrons. The lowest BCUT2D eigenvalue weighted by Gasteiger charge is -2.12. The Morgan fingerprint density at radius 1 is 1.62 bits per heavy atom. The van der Waals surface area contributed by atoms with Crippen LogP contribution in [-0.2, 0) is 4.79 Å². The number of benzene rings is 1. The minimum Gasteiger partial charge on any atom is -0.368 e. The van der Waals surface area contributed by atoms with E-state index in [0.29, 0.717) is 0 Å². The zero-order chi connectivity index (χ0) is 9.84. The van der Waals surface area contributed by atoms with Crippen molar-refractivity contribution < 1.29 is 4.79 Å². The fourth-order valence-corrected chi connectivity index (χ4v) is 1.58. The van der Waals surface area contributed by atoms with Crippen molar-refractivity contribution in [3.63, 3.8) is 0 Å². The molecule has 0 aromatic heterocycles. The summed E-state index contributed by atoms with van der Waals surface area (Å²) in [6, 6.07) is 7.07. The minimum atomic E-state index is -0.419. The molecular weight excluding hydrogens is 232 g/mol. The smallest absolute Gasteiger partial charge is 0.239 e. The van der Waals surface area contributed by atoms with E-state index in [1.165, 1.54) is 0 Å². The first-order chi connectivity index (χ1) is 6.15. The first-order valence-corrected chi connectivity index (χ1v) is 4.66. The van der Waals surface area contributed by atoms with Crippen LogP contribution in [-0.4, -0.2) is 13.0 Å². The SMILES string of the molecule is CN[C@H](C(N)=O)c1cccc(Br)c1. The third kappa shape index (κ3) is 2.54. The van der Waals surface area contributed by atoms with E-state index in [0.717, 1.165) is 10.0 Å². The molecule has 0 unspecified atom stereocenters. The average molecular weight is 243 g/mol. The van der Waals surface area contributed by atoms with Crippen LogP contribution in [0.4, 0.5) is 0 Å². The second kappa shape index (κ2) is 4.39. The van der Waals surface area contributed by atoms with Crippen LogP contribution in [0.1, 0.15) is 11.6 Å². The molecule has 3 N–H and O–H groups in total. The van der Waals surface area contributed by atoms with Crippen molar-refractivity contribution in [1.82, 2.24) is 5.32 Å². The molecule has 1 atom stereocenters. The van der Waals surface area contributed by atoms with E-state index < -0.39 is 6.04 Å². The topological polar surface area (TPSA) is 55.1 Å². The molecule has 0 saturated heterocycles. The molecule has 1 aromatic rings. The van der Waals surface area contributed by atoms with Gasteiger partial charge in [-0.2, -0.15) is 0 Å². The van der Waals surface area contributed by atoms with Crippen LogP contribution >= 0.6 is 15.9 Å². The largest absolute Gasteiger partial charge is 0.368 e. The van der Waals surface area contributed by atoms with Gasteiger partial charge in [0.25, 0.3) is 0 Å². The molecule has 0 aliphatic heterocycles. The fraction of sp³-hybridized carbons (Fsp3) is 0.222. The Bertz CT molecular complexity index is 314. The zero-order valence-corrected chi connectivity index (χ0v) is 8.84. The minimum absolute atomic E-state index is 0.374. The van der Waals surface area contributed by atoms with Crippen molar-refractivity contribution in [2.45, 2.75) is 6.04 Å². The number of amides is 1. The number of nitrogens with two attached hydrogens (primary N) is 1. The number of primary amides is 1. The molecule has 3 nitrogen and oxygen atoms in total. The highest BCUT2D eigenvalue weighted by molar-refractivity contribution is 9.10. The van der Waals surface area contributed by atoms with Gasteiger partial charge in [-0.25, -0.2) is 0 Å². The molecule has 0 bridgehead atoms. The Morgan fingerprint density at radius 3 is 2.77 bits per heavy atom. The summed E-state index contributed by atoms with van der Waals surface area (Å²) < 4.78 is 0.937. The molecule has 1 amide bonds. The number of hydrogen-bond acceptors (Lipinski definition) is 2. The molecule has 0 heterocycles. The Balaban J connectivity index is 2.98. The Morgan fingerprint density at radius 2 is 2.31 bits per heavy atom. The van der Waals surface area contributed by atoms with Crippen molar-refractivity contribution in [2.75, 3.05) is 7.05 Å². The molecule has 70 valence electrons. The van der Waals surface area contributed by atoms with Gasteiger partial charge in [-0.1, -0.05) is 28.1 Å². The van der Waals surface area contributed by atoms with Crippen LogP contribution in [0.25, 0.3) is 0 Å². The predicted octanol–water partition coefficient (Wildman–Crippen LogP) is 1.19. The van der Waals surface area contributed by atoms with Crippen LogP contribution < -0.4 is 11.1 Å². The van der Waals surface area contributed by atoms with E-state index in [9.17, 15) is 4.79 Å². The molecule has 1 aromatic carbocycles. The first kappa shape index (κ1) is 10.2. The number of carbonyl (C=O) groups excluding carboxylic acids is 1. The molecule has 0 spiro atoms. The van der Waals surface area contributed by atoms with E-state index in [2.05, 4.69) is 21.2 Å². The number of nitrogens with one attached hydrogen (secondary N) is 1. The molecule has 0 saturated carbocycles. The van der Waals surface area contributed by atoms with Gasteiger partial charge in [-0.3, -0.25) is 4.79 Å². The summed E-state index contributed by atoms with van der Waals surface area (Å²) in [5.41, 5.74) is 6.08. The van der Waals surface area contributed by atoms with Crippen LogP contribution in [0.3, 0.4) is 0 Å². The van der Waals surface area contributed by atoms with E-state index >= 15 is 0 Å². The third-order valence-electron chi connectivity index (χ3n) is 1.76. The third-order valence-corrected chi connectivity index (χ3v) is 2.25. The molecule has 0 fully saturated rings. The van der Waals surface area contributed by atoms with E-state index in [4.69, 9.17) is 5.73 Å². The quantitative estimate of drug-likeness (QED) is 0.837. The average Bonchev–Trinajstić information content (AvgIpc) is 2.04. The summed E-state index contributed by atoms with van der Waals surface area (Å²) in [5.74, 6) is -0.374. The molecule has 0 aliphatic carbocycles. The monoisotopic (exact) mass is 242 g/mol. The summed E-state index contributed by atoms with van der Waals surface area (Å²) in [7, 11) is 1.70. The van der Waals surface area contributed by atoms with Gasteiger partial charge in [0.05, 0.1) is 0 Å². The van der Waals surface area contributed by atoms with Gasteiger partial charge in [0.2, 0.25) is 5.91 Å². The van der Waals surface area contributed by atoms with Crippen LogP contribution in [0.15, 0.2) is 28.7 Å². The summed E-state index contributed by atoms with van der Waals surface area (Å²) in [5, 5.41) is 2.85. The van der Waals surface area contributed by atoms with Gasteiger partial charge in [-0.05, 0) is 24.7 Å². The Kier molecular flexibility index (Phi) is 3.45. The van der Waals surface area contributed by atoms with Gasteiger partial charge in [-0.15, -0.1) is 0 Å². The number of carbonyl (C=O) groups is 1.